The lowest BCUT2D eigenvalue weighted by molar-refractivity contribution is -0.111. The van der Waals surface area contributed by atoms with E-state index in [1.807, 2.05) is 43.8 Å². The number of aryl methyl sites for hydroxylation is 1. The molecule has 1 amide bonds. The molecule has 118 valence electrons. The molecule has 1 aromatic rings. The van der Waals surface area contributed by atoms with Gasteiger partial charge in [0.25, 0.3) is 0 Å². The Bertz CT molecular complexity index is 560. The van der Waals surface area contributed by atoms with Crippen molar-refractivity contribution < 1.29 is 4.79 Å². The second kappa shape index (κ2) is 8.81. The van der Waals surface area contributed by atoms with Crippen LogP contribution in [0.5, 0.6) is 0 Å². The number of anilines is 1. The highest BCUT2D eigenvalue weighted by atomic mass is 32.2. The second-order valence-corrected chi connectivity index (χ2v) is 6.64. The number of amides is 1. The van der Waals surface area contributed by atoms with Crippen LogP contribution in [0.1, 0.15) is 18.1 Å². The molecule has 0 aliphatic carbocycles. The highest BCUT2D eigenvalue weighted by Gasteiger charge is 2.11. The molecule has 4 heteroatoms. The van der Waals surface area contributed by atoms with Crippen LogP contribution in [0.2, 0.25) is 0 Å². The van der Waals surface area contributed by atoms with E-state index >= 15 is 0 Å². The molecule has 1 saturated heterocycles. The molecule has 1 N–H and O–H groups in total. The minimum atomic E-state index is -0.0954. The average molecular weight is 316 g/mol. The van der Waals surface area contributed by atoms with Crippen LogP contribution in [-0.4, -0.2) is 35.4 Å². The van der Waals surface area contributed by atoms with Crippen molar-refractivity contribution in [3.63, 3.8) is 0 Å². The van der Waals surface area contributed by atoms with Crippen molar-refractivity contribution in [3.8, 4) is 0 Å². The van der Waals surface area contributed by atoms with E-state index in [-0.39, 0.29) is 5.91 Å². The predicted molar refractivity (Wildman–Crippen MR) is 96.4 cm³/mol. The average Bonchev–Trinajstić information content (AvgIpc) is 2.51. The number of hydrogen-bond donors (Lipinski definition) is 1. The van der Waals surface area contributed by atoms with Crippen LogP contribution < -0.4 is 5.32 Å². The van der Waals surface area contributed by atoms with Gasteiger partial charge in [0, 0.05) is 42.9 Å². The summed E-state index contributed by atoms with van der Waals surface area (Å²) in [6.45, 7) is 7.29. The zero-order valence-corrected chi connectivity index (χ0v) is 14.2. The van der Waals surface area contributed by atoms with Crippen LogP contribution in [0, 0.1) is 6.92 Å². The maximum Gasteiger partial charge on any atom is 0.248 e. The molecule has 1 aromatic carbocycles. The zero-order valence-electron chi connectivity index (χ0n) is 13.3. The van der Waals surface area contributed by atoms with Gasteiger partial charge in [-0.2, -0.15) is 11.8 Å². The van der Waals surface area contributed by atoms with Crippen molar-refractivity contribution >= 4 is 23.4 Å². The number of carbonyl (C=O) groups excluding carboxylic acids is 1. The van der Waals surface area contributed by atoms with Gasteiger partial charge in [-0.05, 0) is 31.0 Å². The van der Waals surface area contributed by atoms with E-state index in [0.29, 0.717) is 0 Å². The molecule has 22 heavy (non-hydrogen) atoms. The SMILES string of the molecule is C/C=C/C=C\C(=O)Nc1ccc(CN2CCSCC2)cc1C. The number of benzene rings is 1. The van der Waals surface area contributed by atoms with Gasteiger partial charge in [-0.15, -0.1) is 0 Å². The molecule has 0 unspecified atom stereocenters. The molecule has 1 aliphatic heterocycles. The van der Waals surface area contributed by atoms with Crippen LogP contribution in [0.25, 0.3) is 0 Å². The Morgan fingerprint density at radius 3 is 2.77 bits per heavy atom. The van der Waals surface area contributed by atoms with E-state index in [0.717, 1.165) is 30.9 Å². The van der Waals surface area contributed by atoms with Crippen molar-refractivity contribution in [2.75, 3.05) is 29.9 Å². The lowest BCUT2D eigenvalue weighted by Crippen LogP contribution is -2.31. The molecule has 0 bridgehead atoms. The van der Waals surface area contributed by atoms with Gasteiger partial charge < -0.3 is 5.32 Å². The molecule has 0 atom stereocenters. The first-order valence-electron chi connectivity index (χ1n) is 7.69. The summed E-state index contributed by atoms with van der Waals surface area (Å²) in [4.78, 5) is 14.3. The van der Waals surface area contributed by atoms with Crippen LogP contribution in [0.4, 0.5) is 5.69 Å². The summed E-state index contributed by atoms with van der Waals surface area (Å²) in [5, 5.41) is 2.92. The maximum atomic E-state index is 11.8. The first kappa shape index (κ1) is 16.8. The monoisotopic (exact) mass is 316 g/mol. The number of allylic oxidation sites excluding steroid dienone is 3. The number of nitrogens with zero attached hydrogens (tertiary/aromatic N) is 1. The smallest absolute Gasteiger partial charge is 0.248 e. The summed E-state index contributed by atoms with van der Waals surface area (Å²) in [6, 6.07) is 6.29. The lowest BCUT2D eigenvalue weighted by atomic mass is 10.1. The fourth-order valence-corrected chi connectivity index (χ4v) is 3.39. The quantitative estimate of drug-likeness (QED) is 0.665. The van der Waals surface area contributed by atoms with Crippen molar-refractivity contribution in [2.45, 2.75) is 20.4 Å². The van der Waals surface area contributed by atoms with Gasteiger partial charge in [-0.1, -0.05) is 30.4 Å². The third kappa shape index (κ3) is 5.35. The highest BCUT2D eigenvalue weighted by molar-refractivity contribution is 7.99. The summed E-state index contributed by atoms with van der Waals surface area (Å²) in [5.41, 5.74) is 3.30. The Balaban J connectivity index is 1.95. The summed E-state index contributed by atoms with van der Waals surface area (Å²) >= 11 is 2.03. The molecule has 0 spiro atoms. The van der Waals surface area contributed by atoms with Gasteiger partial charge >= 0.3 is 0 Å². The number of rotatable bonds is 5. The van der Waals surface area contributed by atoms with Crippen molar-refractivity contribution in [1.82, 2.24) is 4.90 Å². The molecular formula is C18H24N2OS. The maximum absolute atomic E-state index is 11.8. The third-order valence-electron chi connectivity index (χ3n) is 3.61. The molecule has 3 nitrogen and oxygen atoms in total. The van der Waals surface area contributed by atoms with Gasteiger partial charge in [0.2, 0.25) is 5.91 Å². The minimum absolute atomic E-state index is 0.0954. The van der Waals surface area contributed by atoms with Crippen molar-refractivity contribution in [2.24, 2.45) is 0 Å². The Labute approximate surface area is 137 Å². The van der Waals surface area contributed by atoms with E-state index in [2.05, 4.69) is 22.3 Å². The van der Waals surface area contributed by atoms with E-state index in [9.17, 15) is 4.79 Å². The summed E-state index contributed by atoms with van der Waals surface area (Å²) in [5.74, 6) is 2.36. The van der Waals surface area contributed by atoms with Gasteiger partial charge in [0.15, 0.2) is 0 Å². The summed E-state index contributed by atoms with van der Waals surface area (Å²) in [6.07, 6.45) is 7.02. The van der Waals surface area contributed by atoms with E-state index < -0.39 is 0 Å². The molecule has 1 fully saturated rings. The first-order chi connectivity index (χ1) is 10.7. The van der Waals surface area contributed by atoms with Gasteiger partial charge in [-0.25, -0.2) is 0 Å². The first-order valence-corrected chi connectivity index (χ1v) is 8.84. The fraction of sp³-hybridized carbons (Fsp3) is 0.389. The van der Waals surface area contributed by atoms with Gasteiger partial charge in [0.05, 0.1) is 0 Å². The predicted octanol–water partition coefficient (Wildman–Crippen LogP) is 3.61. The molecule has 1 heterocycles. The topological polar surface area (TPSA) is 32.3 Å². The minimum Gasteiger partial charge on any atom is -0.322 e. The lowest BCUT2D eigenvalue weighted by Gasteiger charge is -2.26. The van der Waals surface area contributed by atoms with Gasteiger partial charge in [0.1, 0.15) is 0 Å². The molecule has 2 rings (SSSR count). The van der Waals surface area contributed by atoms with Gasteiger partial charge in [-0.3, -0.25) is 9.69 Å². The Morgan fingerprint density at radius 1 is 1.32 bits per heavy atom. The summed E-state index contributed by atoms with van der Waals surface area (Å²) in [7, 11) is 0. The van der Waals surface area contributed by atoms with E-state index in [1.54, 1.807) is 12.2 Å². The summed E-state index contributed by atoms with van der Waals surface area (Å²) < 4.78 is 0. The van der Waals surface area contributed by atoms with E-state index in [4.69, 9.17) is 0 Å². The largest absolute Gasteiger partial charge is 0.322 e. The Hall–Kier alpha value is -1.52. The van der Waals surface area contributed by atoms with Crippen LogP contribution in [0.15, 0.2) is 42.5 Å². The van der Waals surface area contributed by atoms with Crippen molar-refractivity contribution in [3.05, 3.63) is 53.6 Å². The number of thioether (sulfide) groups is 1. The molecule has 0 radical (unpaired) electrons. The van der Waals surface area contributed by atoms with E-state index in [1.165, 1.54) is 17.1 Å². The highest BCUT2D eigenvalue weighted by Crippen LogP contribution is 2.19. The molecule has 0 aromatic heterocycles. The van der Waals surface area contributed by atoms with Crippen molar-refractivity contribution in [1.29, 1.82) is 0 Å². The fourth-order valence-electron chi connectivity index (χ4n) is 2.41. The number of nitrogens with one attached hydrogen (secondary N) is 1. The second-order valence-electron chi connectivity index (χ2n) is 5.41. The standard InChI is InChI=1S/C18H24N2OS/c1-3-4-5-6-18(21)19-17-8-7-16(13-15(17)2)14-20-9-11-22-12-10-20/h3-8,13H,9-12,14H2,1-2H3,(H,19,21)/b4-3+,6-5-. The molecule has 0 saturated carbocycles. The molecule has 1 aliphatic rings. The zero-order chi connectivity index (χ0) is 15.8. The van der Waals surface area contributed by atoms with Crippen LogP contribution >= 0.6 is 11.8 Å². The number of hydrogen-bond acceptors (Lipinski definition) is 3. The van der Waals surface area contributed by atoms with Crippen LogP contribution in [-0.2, 0) is 11.3 Å². The Morgan fingerprint density at radius 2 is 2.09 bits per heavy atom. The Kier molecular flexibility index (Phi) is 6.74. The number of carbonyl (C=O) groups is 1. The van der Waals surface area contributed by atoms with Crippen LogP contribution in [0.3, 0.4) is 0 Å². The molecular weight excluding hydrogens is 292 g/mol. The normalized spacial score (nSPS) is 16.5. The third-order valence-corrected chi connectivity index (χ3v) is 4.55.